The van der Waals surface area contributed by atoms with E-state index in [-0.39, 0.29) is 21.9 Å². The van der Waals surface area contributed by atoms with Gasteiger partial charge in [-0.3, -0.25) is 9.52 Å². The second-order valence-corrected chi connectivity index (χ2v) is 10.2. The van der Waals surface area contributed by atoms with Crippen molar-refractivity contribution >= 4 is 48.9 Å². The molecular formula is C24H23N3O3S2. The monoisotopic (exact) mass is 465 g/mol. The van der Waals surface area contributed by atoms with Gasteiger partial charge in [-0.15, -0.1) is 11.3 Å². The number of rotatable bonds is 7. The van der Waals surface area contributed by atoms with Crippen LogP contribution in [0.1, 0.15) is 25.5 Å². The molecule has 1 amide bonds. The van der Waals surface area contributed by atoms with Gasteiger partial charge in [-0.2, -0.15) is 0 Å². The van der Waals surface area contributed by atoms with E-state index in [0.29, 0.717) is 16.8 Å². The average Bonchev–Trinajstić information content (AvgIpc) is 3.20. The number of anilines is 2. The highest BCUT2D eigenvalue weighted by molar-refractivity contribution is 7.93. The number of sulfonamides is 1. The number of hydrogen-bond donors (Lipinski definition) is 2. The molecule has 0 saturated carbocycles. The Morgan fingerprint density at radius 3 is 2.38 bits per heavy atom. The maximum Gasteiger partial charge on any atom is 0.264 e. The molecule has 0 spiro atoms. The number of para-hydroxylation sites is 1. The van der Waals surface area contributed by atoms with Gasteiger partial charge < -0.3 is 5.32 Å². The van der Waals surface area contributed by atoms with Gasteiger partial charge in [-0.1, -0.05) is 68.4 Å². The van der Waals surface area contributed by atoms with Crippen molar-refractivity contribution < 1.29 is 13.2 Å². The Kier molecular flexibility index (Phi) is 6.25. The summed E-state index contributed by atoms with van der Waals surface area (Å²) in [5, 5.41) is 6.35. The van der Waals surface area contributed by atoms with E-state index < -0.39 is 15.9 Å². The first-order valence-electron chi connectivity index (χ1n) is 10.2. The van der Waals surface area contributed by atoms with Crippen molar-refractivity contribution in [2.24, 2.45) is 5.92 Å². The third-order valence-electron chi connectivity index (χ3n) is 5.09. The lowest BCUT2D eigenvalue weighted by molar-refractivity contribution is -0.118. The fourth-order valence-corrected chi connectivity index (χ4v) is 5.83. The normalized spacial score (nSPS) is 12.6. The van der Waals surface area contributed by atoms with Crippen LogP contribution < -0.4 is 10.0 Å². The van der Waals surface area contributed by atoms with Crippen molar-refractivity contribution in [1.29, 1.82) is 0 Å². The van der Waals surface area contributed by atoms with E-state index in [0.717, 1.165) is 16.7 Å². The van der Waals surface area contributed by atoms with Gasteiger partial charge in [0, 0.05) is 16.5 Å². The van der Waals surface area contributed by atoms with Gasteiger partial charge in [0.1, 0.15) is 0 Å². The smallest absolute Gasteiger partial charge is 0.264 e. The zero-order valence-electron chi connectivity index (χ0n) is 17.6. The van der Waals surface area contributed by atoms with Crippen molar-refractivity contribution in [3.63, 3.8) is 0 Å². The van der Waals surface area contributed by atoms with E-state index in [1.807, 2.05) is 62.4 Å². The Labute approximate surface area is 191 Å². The predicted octanol–water partition coefficient (Wildman–Crippen LogP) is 5.48. The number of aromatic nitrogens is 1. The maximum absolute atomic E-state index is 13.1. The largest absolute Gasteiger partial charge is 0.326 e. The van der Waals surface area contributed by atoms with Gasteiger partial charge in [0.15, 0.2) is 5.13 Å². The molecule has 1 heterocycles. The Bertz CT molecular complexity index is 1340. The van der Waals surface area contributed by atoms with Crippen molar-refractivity contribution in [2.75, 3.05) is 10.0 Å². The summed E-state index contributed by atoms with van der Waals surface area (Å²) in [4.78, 5) is 17.6. The summed E-state index contributed by atoms with van der Waals surface area (Å²) in [6.07, 6.45) is 0. The first-order chi connectivity index (χ1) is 15.3. The van der Waals surface area contributed by atoms with Crippen molar-refractivity contribution in [2.45, 2.75) is 24.7 Å². The van der Waals surface area contributed by atoms with Gasteiger partial charge in [0.2, 0.25) is 5.91 Å². The topological polar surface area (TPSA) is 88.2 Å². The Morgan fingerprint density at radius 1 is 0.938 bits per heavy atom. The molecule has 8 heteroatoms. The second-order valence-electron chi connectivity index (χ2n) is 7.74. The van der Waals surface area contributed by atoms with E-state index >= 15 is 0 Å². The van der Waals surface area contributed by atoms with Gasteiger partial charge in [-0.05, 0) is 29.5 Å². The fraction of sp³-hybridized carbons (Fsp3) is 0.167. The van der Waals surface area contributed by atoms with Crippen molar-refractivity contribution in [1.82, 2.24) is 4.98 Å². The van der Waals surface area contributed by atoms with Crippen LogP contribution in [-0.4, -0.2) is 19.3 Å². The molecule has 1 aromatic heterocycles. The zero-order valence-corrected chi connectivity index (χ0v) is 19.3. The number of benzene rings is 3. The summed E-state index contributed by atoms with van der Waals surface area (Å²) >= 11 is 1.16. The van der Waals surface area contributed by atoms with E-state index in [4.69, 9.17) is 0 Å². The number of fused-ring (bicyclic) bond motifs is 1. The summed E-state index contributed by atoms with van der Waals surface area (Å²) in [5.74, 6) is -0.717. The molecule has 164 valence electrons. The zero-order chi connectivity index (χ0) is 22.7. The maximum atomic E-state index is 13.1. The predicted molar refractivity (Wildman–Crippen MR) is 130 cm³/mol. The average molecular weight is 466 g/mol. The van der Waals surface area contributed by atoms with Gasteiger partial charge in [-0.25, -0.2) is 13.4 Å². The molecule has 3 aromatic carbocycles. The minimum atomic E-state index is -3.84. The quantitative estimate of drug-likeness (QED) is 0.378. The Morgan fingerprint density at radius 2 is 1.62 bits per heavy atom. The Balaban J connectivity index is 1.58. The van der Waals surface area contributed by atoms with Crippen LogP contribution in [0.15, 0.2) is 83.1 Å². The van der Waals surface area contributed by atoms with Crippen LogP contribution in [0.4, 0.5) is 10.8 Å². The minimum absolute atomic E-state index is 0.0247. The van der Waals surface area contributed by atoms with Crippen LogP contribution >= 0.6 is 11.3 Å². The molecule has 6 nitrogen and oxygen atoms in total. The van der Waals surface area contributed by atoms with E-state index in [2.05, 4.69) is 15.0 Å². The molecule has 0 aliphatic rings. The molecule has 1 unspecified atom stereocenters. The second kappa shape index (κ2) is 9.10. The summed E-state index contributed by atoms with van der Waals surface area (Å²) < 4.78 is 28.7. The molecule has 0 saturated heterocycles. The third kappa shape index (κ3) is 4.66. The first kappa shape index (κ1) is 22.0. The lowest BCUT2D eigenvalue weighted by atomic mass is 9.92. The number of nitrogens with one attached hydrogen (secondary N) is 2. The summed E-state index contributed by atoms with van der Waals surface area (Å²) in [6.45, 7) is 3.88. The van der Waals surface area contributed by atoms with Crippen LogP contribution in [0.3, 0.4) is 0 Å². The fourth-order valence-electron chi connectivity index (χ4n) is 3.60. The van der Waals surface area contributed by atoms with Crippen LogP contribution in [0.25, 0.3) is 10.8 Å². The van der Waals surface area contributed by atoms with E-state index in [1.54, 1.807) is 29.6 Å². The molecule has 0 bridgehead atoms. The van der Waals surface area contributed by atoms with Gasteiger partial charge in [0.25, 0.3) is 10.0 Å². The first-order valence-corrected chi connectivity index (χ1v) is 12.5. The molecule has 32 heavy (non-hydrogen) atoms. The number of carbonyl (C=O) groups excluding carboxylic acids is 1. The van der Waals surface area contributed by atoms with Crippen molar-refractivity contribution in [3.05, 3.63) is 83.9 Å². The molecule has 4 aromatic rings. The highest BCUT2D eigenvalue weighted by atomic mass is 32.2. The number of thiazole rings is 1. The number of carbonyl (C=O) groups is 1. The molecule has 1 atom stereocenters. The highest BCUT2D eigenvalue weighted by Gasteiger charge is 2.28. The molecular weight excluding hydrogens is 442 g/mol. The Hall–Kier alpha value is -3.23. The van der Waals surface area contributed by atoms with E-state index in [9.17, 15) is 13.2 Å². The number of hydrogen-bond acceptors (Lipinski definition) is 5. The molecule has 0 fully saturated rings. The van der Waals surface area contributed by atoms with Gasteiger partial charge >= 0.3 is 0 Å². The molecule has 0 radical (unpaired) electrons. The number of nitrogens with zero attached hydrogens (tertiary/aromatic N) is 1. The standard InChI is InChI=1S/C24H23N3O3S2/c1-16(2)22(23(28)25-18-11-4-3-5-12-18)20-15-31-24(26-20)27-32(29,30)21-14-8-10-17-9-6-7-13-19(17)21/h3-16,22H,1-2H3,(H,25,28)(H,26,27). The molecule has 4 rings (SSSR count). The SMILES string of the molecule is CC(C)C(C(=O)Nc1ccccc1)c1csc(NS(=O)(=O)c2cccc3ccccc23)n1. The van der Waals surface area contributed by atoms with Crippen LogP contribution in [0.5, 0.6) is 0 Å². The molecule has 0 aliphatic heterocycles. The third-order valence-corrected chi connectivity index (χ3v) is 7.39. The van der Waals surface area contributed by atoms with Crippen LogP contribution in [-0.2, 0) is 14.8 Å². The lowest BCUT2D eigenvalue weighted by Crippen LogP contribution is -2.25. The van der Waals surface area contributed by atoms with Gasteiger partial charge in [0.05, 0.1) is 16.5 Å². The molecule has 2 N–H and O–H groups in total. The van der Waals surface area contributed by atoms with E-state index in [1.165, 1.54) is 0 Å². The van der Waals surface area contributed by atoms with Crippen molar-refractivity contribution in [3.8, 4) is 0 Å². The number of amides is 1. The lowest BCUT2D eigenvalue weighted by Gasteiger charge is -2.18. The van der Waals surface area contributed by atoms with Crippen LogP contribution in [0, 0.1) is 5.92 Å². The summed E-state index contributed by atoms with van der Waals surface area (Å²) in [6, 6.07) is 21.7. The summed E-state index contributed by atoms with van der Waals surface area (Å²) in [7, 11) is -3.84. The highest BCUT2D eigenvalue weighted by Crippen LogP contribution is 2.31. The summed E-state index contributed by atoms with van der Waals surface area (Å²) in [5.41, 5.74) is 1.24. The minimum Gasteiger partial charge on any atom is -0.326 e. The van der Waals surface area contributed by atoms with Crippen LogP contribution in [0.2, 0.25) is 0 Å². The molecule has 0 aliphatic carbocycles.